The minimum atomic E-state index is -2.47. The lowest BCUT2D eigenvalue weighted by Gasteiger charge is -2.29. The predicted molar refractivity (Wildman–Crippen MR) is 75.8 cm³/mol. The summed E-state index contributed by atoms with van der Waals surface area (Å²) in [4.78, 5) is 22.8. The van der Waals surface area contributed by atoms with Crippen molar-refractivity contribution < 1.29 is 60.7 Å². The lowest BCUT2D eigenvalue weighted by atomic mass is 9.99. The van der Waals surface area contributed by atoms with Gasteiger partial charge in [0.25, 0.3) is 5.91 Å². The Balaban J connectivity index is 5.08. The Bertz CT molecular complexity index is 434. The van der Waals surface area contributed by atoms with E-state index in [0.29, 0.717) is 0 Å². The molecule has 0 bridgehead atoms. The zero-order valence-corrected chi connectivity index (χ0v) is 12.8. The van der Waals surface area contributed by atoms with Gasteiger partial charge < -0.3 is 56.4 Å². The molecule has 0 spiro atoms. The van der Waals surface area contributed by atoms with Crippen LogP contribution >= 0.6 is 0 Å². The van der Waals surface area contributed by atoms with Crippen LogP contribution in [0.5, 0.6) is 0 Å². The number of carbonyl (C=O) groups excluding carboxylic acids is 1. The number of rotatable bonds is 11. The van der Waals surface area contributed by atoms with Crippen molar-refractivity contribution in [2.75, 3.05) is 13.2 Å². The molecule has 25 heavy (non-hydrogen) atoms. The first kappa shape index (κ1) is 23.6. The molecular formula is C12H23NO12. The highest BCUT2D eigenvalue weighted by Crippen LogP contribution is 2.09. The van der Waals surface area contributed by atoms with Crippen LogP contribution in [-0.4, -0.2) is 125 Å². The Kier molecular flexibility index (Phi) is 9.95. The van der Waals surface area contributed by atoms with E-state index >= 15 is 0 Å². The second kappa shape index (κ2) is 10.5. The van der Waals surface area contributed by atoms with E-state index in [4.69, 9.17) is 20.4 Å². The highest BCUT2D eigenvalue weighted by Gasteiger charge is 2.40. The minimum absolute atomic E-state index is 1.01. The molecule has 0 aromatic heterocycles. The molecule has 0 aliphatic rings. The van der Waals surface area contributed by atoms with Gasteiger partial charge in [0.05, 0.1) is 13.2 Å². The largest absolute Gasteiger partial charge is 0.480 e. The molecule has 0 unspecified atom stereocenters. The molecule has 0 aliphatic carbocycles. The molecule has 0 rings (SSSR count). The van der Waals surface area contributed by atoms with Crippen molar-refractivity contribution in [3.8, 4) is 0 Å². The number of hydrogen-bond acceptors (Lipinski definition) is 11. The Labute approximate surface area is 141 Å². The van der Waals surface area contributed by atoms with Crippen LogP contribution in [0.4, 0.5) is 0 Å². The topological polar surface area (TPSA) is 248 Å². The molecule has 0 aromatic rings. The highest BCUT2D eigenvalue weighted by atomic mass is 16.4. The summed E-state index contributed by atoms with van der Waals surface area (Å²) in [5.41, 5.74) is 0. The SMILES string of the molecule is O=C(N[C@@H](C(=O)O)[C@@H](O)[C@H](O)[C@H](O)CO)[C@H](O)[C@@H](O)[C@H](O)[C@H](O)CO. The molecule has 0 saturated heterocycles. The summed E-state index contributed by atoms with van der Waals surface area (Å²) < 4.78 is 0. The van der Waals surface area contributed by atoms with Gasteiger partial charge in [-0.2, -0.15) is 0 Å². The third-order valence-corrected chi connectivity index (χ3v) is 3.36. The molecule has 1 amide bonds. The third kappa shape index (κ3) is 6.43. The van der Waals surface area contributed by atoms with E-state index in [1.165, 1.54) is 0 Å². The predicted octanol–water partition coefficient (Wildman–Crippen LogP) is -6.93. The van der Waals surface area contributed by atoms with Gasteiger partial charge in [-0.25, -0.2) is 4.79 Å². The number of hydrogen-bond donors (Lipinski definition) is 11. The summed E-state index contributed by atoms with van der Waals surface area (Å²) in [6.07, 6.45) is -15.2. The lowest BCUT2D eigenvalue weighted by Crippen LogP contribution is -2.60. The van der Waals surface area contributed by atoms with E-state index in [1.807, 2.05) is 0 Å². The standard InChI is InChI=1S/C12H23NO12/c14-1-3(16)6(18)8(20)5(12(24)25)13-11(23)10(22)9(21)7(19)4(17)2-15/h3-10,14-22H,1-2H2,(H,13,23)(H,24,25)/t3-,4-,5-,6-,7-,8-,9+,10-/m1/s1. The zero-order chi connectivity index (χ0) is 19.9. The average molecular weight is 373 g/mol. The lowest BCUT2D eigenvalue weighted by molar-refractivity contribution is -0.159. The maximum Gasteiger partial charge on any atom is 0.329 e. The monoisotopic (exact) mass is 373 g/mol. The number of carboxylic acid groups (broad SMARTS) is 1. The Morgan fingerprint density at radius 1 is 0.720 bits per heavy atom. The fourth-order valence-electron chi connectivity index (χ4n) is 1.74. The number of amides is 1. The molecule has 0 fully saturated rings. The van der Waals surface area contributed by atoms with Crippen molar-refractivity contribution in [1.82, 2.24) is 5.32 Å². The minimum Gasteiger partial charge on any atom is -0.480 e. The van der Waals surface area contributed by atoms with Crippen LogP contribution in [0, 0.1) is 0 Å². The fraction of sp³-hybridized carbons (Fsp3) is 0.833. The summed E-state index contributed by atoms with van der Waals surface area (Å²) in [6, 6.07) is -2.26. The second-order valence-electron chi connectivity index (χ2n) is 5.23. The molecule has 13 nitrogen and oxygen atoms in total. The van der Waals surface area contributed by atoms with E-state index < -0.39 is 73.9 Å². The number of nitrogens with one attached hydrogen (secondary N) is 1. The van der Waals surface area contributed by atoms with E-state index in [-0.39, 0.29) is 0 Å². The quantitative estimate of drug-likeness (QED) is 0.162. The van der Waals surface area contributed by atoms with Gasteiger partial charge in [0.1, 0.15) is 36.6 Å². The number of aliphatic hydroxyl groups excluding tert-OH is 9. The van der Waals surface area contributed by atoms with Gasteiger partial charge in [0.2, 0.25) is 0 Å². The summed E-state index contributed by atoms with van der Waals surface area (Å²) in [5, 5.41) is 93.7. The van der Waals surface area contributed by atoms with E-state index in [0.717, 1.165) is 0 Å². The maximum atomic E-state index is 11.7. The van der Waals surface area contributed by atoms with Crippen molar-refractivity contribution >= 4 is 11.9 Å². The Morgan fingerprint density at radius 2 is 1.12 bits per heavy atom. The summed E-state index contributed by atoms with van der Waals surface area (Å²) in [5.74, 6) is -3.49. The molecule has 0 radical (unpaired) electrons. The van der Waals surface area contributed by atoms with Crippen LogP contribution in [0.15, 0.2) is 0 Å². The number of carboxylic acids is 1. The van der Waals surface area contributed by atoms with Gasteiger partial charge >= 0.3 is 5.97 Å². The maximum absolute atomic E-state index is 11.7. The van der Waals surface area contributed by atoms with Gasteiger partial charge in [-0.05, 0) is 0 Å². The van der Waals surface area contributed by atoms with Crippen molar-refractivity contribution in [2.45, 2.75) is 48.8 Å². The third-order valence-electron chi connectivity index (χ3n) is 3.36. The fourth-order valence-corrected chi connectivity index (χ4v) is 1.74. The van der Waals surface area contributed by atoms with Gasteiger partial charge in [-0.3, -0.25) is 4.79 Å². The zero-order valence-electron chi connectivity index (χ0n) is 12.8. The van der Waals surface area contributed by atoms with E-state index in [9.17, 15) is 40.2 Å². The first-order valence-corrected chi connectivity index (χ1v) is 7.00. The molecule has 0 aliphatic heterocycles. The molecule has 11 N–H and O–H groups in total. The summed E-state index contributed by atoms with van der Waals surface area (Å²) >= 11 is 0. The molecule has 0 heterocycles. The number of aliphatic hydroxyl groups is 9. The molecule has 148 valence electrons. The number of aliphatic carboxylic acids is 1. The average Bonchev–Trinajstić information content (AvgIpc) is 2.60. The van der Waals surface area contributed by atoms with Crippen LogP contribution in [0.1, 0.15) is 0 Å². The smallest absolute Gasteiger partial charge is 0.329 e. The molecule has 0 aromatic carbocycles. The highest BCUT2D eigenvalue weighted by molar-refractivity contribution is 5.87. The van der Waals surface area contributed by atoms with Crippen molar-refractivity contribution in [3.05, 3.63) is 0 Å². The molecular weight excluding hydrogens is 350 g/mol. The van der Waals surface area contributed by atoms with Crippen LogP contribution in [-0.2, 0) is 9.59 Å². The molecule has 8 atom stereocenters. The normalized spacial score (nSPS) is 21.3. The first-order chi connectivity index (χ1) is 11.5. The van der Waals surface area contributed by atoms with Gasteiger partial charge in [-0.15, -0.1) is 0 Å². The van der Waals surface area contributed by atoms with E-state index in [2.05, 4.69) is 0 Å². The Morgan fingerprint density at radius 3 is 1.48 bits per heavy atom. The molecule has 13 heteroatoms. The van der Waals surface area contributed by atoms with Crippen molar-refractivity contribution in [3.63, 3.8) is 0 Å². The van der Waals surface area contributed by atoms with Crippen molar-refractivity contribution in [2.24, 2.45) is 0 Å². The van der Waals surface area contributed by atoms with Gasteiger partial charge in [0.15, 0.2) is 12.1 Å². The van der Waals surface area contributed by atoms with E-state index in [1.54, 1.807) is 5.32 Å². The van der Waals surface area contributed by atoms with Crippen LogP contribution in [0.25, 0.3) is 0 Å². The summed E-state index contributed by atoms with van der Waals surface area (Å²) in [7, 11) is 0. The van der Waals surface area contributed by atoms with Crippen LogP contribution in [0.3, 0.4) is 0 Å². The summed E-state index contributed by atoms with van der Waals surface area (Å²) in [6.45, 7) is -2.03. The van der Waals surface area contributed by atoms with Crippen molar-refractivity contribution in [1.29, 1.82) is 0 Å². The van der Waals surface area contributed by atoms with Crippen LogP contribution in [0.2, 0.25) is 0 Å². The first-order valence-electron chi connectivity index (χ1n) is 7.00. The Hall–Kier alpha value is -1.42. The van der Waals surface area contributed by atoms with Crippen LogP contribution < -0.4 is 5.32 Å². The second-order valence-corrected chi connectivity index (χ2v) is 5.23. The molecule has 0 saturated carbocycles. The number of carbonyl (C=O) groups is 2. The van der Waals surface area contributed by atoms with Gasteiger partial charge in [0, 0.05) is 0 Å². The van der Waals surface area contributed by atoms with Gasteiger partial charge in [-0.1, -0.05) is 0 Å².